The molecule has 0 aromatic heterocycles. The second kappa shape index (κ2) is 8.15. The summed E-state index contributed by atoms with van der Waals surface area (Å²) in [6, 6.07) is 0. The van der Waals surface area contributed by atoms with Crippen molar-refractivity contribution < 1.29 is 10.2 Å². The molecule has 0 heterocycles. The smallest absolute Gasteiger partial charge is 0.0573 e. The van der Waals surface area contributed by atoms with Crippen LogP contribution in [-0.2, 0) is 0 Å². The third kappa shape index (κ3) is 6.58. The van der Waals surface area contributed by atoms with Gasteiger partial charge in [-0.05, 0) is 61.2 Å². The van der Waals surface area contributed by atoms with Crippen LogP contribution in [0.25, 0.3) is 0 Å². The van der Waals surface area contributed by atoms with Gasteiger partial charge in [0.2, 0.25) is 0 Å². The molecule has 0 radical (unpaired) electrons. The Labute approximate surface area is 138 Å². The molecule has 2 rings (SSSR count). The van der Waals surface area contributed by atoms with Gasteiger partial charge in [0.05, 0.1) is 12.2 Å². The van der Waals surface area contributed by atoms with Crippen molar-refractivity contribution in [2.75, 3.05) is 0 Å². The van der Waals surface area contributed by atoms with Crippen LogP contribution >= 0.6 is 0 Å². The number of rotatable bonds is 0. The van der Waals surface area contributed by atoms with E-state index in [1.165, 1.54) is 32.1 Å². The summed E-state index contributed by atoms with van der Waals surface area (Å²) in [5, 5.41) is 19.0. The van der Waals surface area contributed by atoms with Crippen molar-refractivity contribution in [3.63, 3.8) is 0 Å². The van der Waals surface area contributed by atoms with Crippen molar-refractivity contribution in [2.24, 2.45) is 22.7 Å². The maximum absolute atomic E-state index is 9.70. The highest BCUT2D eigenvalue weighted by Crippen LogP contribution is 2.38. The molecule has 0 amide bonds. The van der Waals surface area contributed by atoms with E-state index >= 15 is 0 Å². The highest BCUT2D eigenvalue weighted by molar-refractivity contribution is 4.83. The molecule has 0 bridgehead atoms. The maximum Gasteiger partial charge on any atom is 0.0573 e. The first kappa shape index (κ1) is 20.0. The molecule has 2 N–H and O–H groups in total. The lowest BCUT2D eigenvalue weighted by molar-refractivity contribution is 0.0105. The molecule has 2 nitrogen and oxygen atoms in total. The summed E-state index contributed by atoms with van der Waals surface area (Å²) in [6.07, 6.45) is 9.16. The number of aliphatic hydroxyl groups excluding tert-OH is 2. The number of hydrogen-bond donors (Lipinski definition) is 2. The average molecular weight is 313 g/mol. The van der Waals surface area contributed by atoms with Crippen molar-refractivity contribution in [3.8, 4) is 0 Å². The Morgan fingerprint density at radius 3 is 1.50 bits per heavy atom. The third-order valence-corrected chi connectivity index (χ3v) is 5.76. The minimum absolute atomic E-state index is 0.00593. The first-order valence-electron chi connectivity index (χ1n) is 9.38. The minimum Gasteiger partial charge on any atom is -0.393 e. The van der Waals surface area contributed by atoms with E-state index in [-0.39, 0.29) is 12.2 Å². The summed E-state index contributed by atoms with van der Waals surface area (Å²) in [4.78, 5) is 0. The Morgan fingerprint density at radius 1 is 0.636 bits per heavy atom. The molecule has 132 valence electrons. The molecular formula is C20H40O2. The molecule has 22 heavy (non-hydrogen) atoms. The van der Waals surface area contributed by atoms with Crippen molar-refractivity contribution in [2.45, 2.75) is 105 Å². The highest BCUT2D eigenvalue weighted by Gasteiger charge is 2.32. The van der Waals surface area contributed by atoms with Crippen molar-refractivity contribution >= 4 is 0 Å². The monoisotopic (exact) mass is 312 g/mol. The highest BCUT2D eigenvalue weighted by atomic mass is 16.3. The Hall–Kier alpha value is -0.0800. The third-order valence-electron chi connectivity index (χ3n) is 5.76. The normalized spacial score (nSPS) is 33.8. The fourth-order valence-corrected chi connectivity index (χ4v) is 4.06. The standard InChI is InChI=1S/2C10H20O/c1-10(2,3)8-4-6-9(11)7-5-8;1-10(2,3)8-6-4-5-7-9(8)11/h2*8-9,11H,4-7H2,1-3H3. The molecule has 2 atom stereocenters. The lowest BCUT2D eigenvalue weighted by Gasteiger charge is -2.37. The summed E-state index contributed by atoms with van der Waals surface area (Å²) in [5.74, 6) is 1.35. The summed E-state index contributed by atoms with van der Waals surface area (Å²) in [5.41, 5.74) is 0.736. The van der Waals surface area contributed by atoms with Gasteiger partial charge in [0.1, 0.15) is 0 Å². The van der Waals surface area contributed by atoms with Gasteiger partial charge >= 0.3 is 0 Å². The van der Waals surface area contributed by atoms with Crippen LogP contribution in [0.1, 0.15) is 92.9 Å². The minimum atomic E-state index is -0.0382. The van der Waals surface area contributed by atoms with Crippen molar-refractivity contribution in [1.29, 1.82) is 0 Å². The number of hydrogen-bond acceptors (Lipinski definition) is 2. The van der Waals surface area contributed by atoms with E-state index in [4.69, 9.17) is 0 Å². The van der Waals surface area contributed by atoms with Crippen LogP contribution in [0.3, 0.4) is 0 Å². The topological polar surface area (TPSA) is 40.5 Å². The average Bonchev–Trinajstić information content (AvgIpc) is 2.38. The van der Waals surface area contributed by atoms with Gasteiger partial charge in [-0.3, -0.25) is 0 Å². The summed E-state index contributed by atoms with van der Waals surface area (Å²) >= 11 is 0. The van der Waals surface area contributed by atoms with Crippen LogP contribution in [0.15, 0.2) is 0 Å². The molecule has 2 heteroatoms. The fourth-order valence-electron chi connectivity index (χ4n) is 4.06. The largest absolute Gasteiger partial charge is 0.393 e. The molecule has 2 unspecified atom stereocenters. The lowest BCUT2D eigenvalue weighted by atomic mass is 9.71. The second-order valence-corrected chi connectivity index (χ2v) is 9.70. The van der Waals surface area contributed by atoms with Gasteiger partial charge in [-0.2, -0.15) is 0 Å². The Morgan fingerprint density at radius 2 is 1.14 bits per heavy atom. The van der Waals surface area contributed by atoms with E-state index in [0.29, 0.717) is 16.7 Å². The van der Waals surface area contributed by atoms with E-state index < -0.39 is 0 Å². The summed E-state index contributed by atoms with van der Waals surface area (Å²) in [6.45, 7) is 13.6. The second-order valence-electron chi connectivity index (χ2n) is 9.70. The zero-order valence-corrected chi connectivity index (χ0v) is 15.9. The number of aliphatic hydroxyl groups is 2. The molecule has 2 fully saturated rings. The predicted octanol–water partition coefficient (Wildman–Crippen LogP) is 5.17. The van der Waals surface area contributed by atoms with Crippen LogP contribution in [0.2, 0.25) is 0 Å². The van der Waals surface area contributed by atoms with Gasteiger partial charge in [-0.1, -0.05) is 54.4 Å². The Balaban J connectivity index is 0.000000220. The molecule has 0 aliphatic heterocycles. The quantitative estimate of drug-likeness (QED) is 0.648. The van der Waals surface area contributed by atoms with Gasteiger partial charge in [0, 0.05) is 0 Å². The van der Waals surface area contributed by atoms with Gasteiger partial charge in [0.25, 0.3) is 0 Å². The summed E-state index contributed by atoms with van der Waals surface area (Å²) in [7, 11) is 0. The van der Waals surface area contributed by atoms with E-state index in [0.717, 1.165) is 25.2 Å². The molecule has 2 saturated carbocycles. The lowest BCUT2D eigenvalue weighted by Crippen LogP contribution is -2.34. The molecule has 0 aromatic carbocycles. The van der Waals surface area contributed by atoms with E-state index in [1.807, 2.05) is 0 Å². The van der Waals surface area contributed by atoms with E-state index in [1.54, 1.807) is 0 Å². The zero-order chi connectivity index (χ0) is 17.0. The van der Waals surface area contributed by atoms with Crippen molar-refractivity contribution in [3.05, 3.63) is 0 Å². The van der Waals surface area contributed by atoms with Crippen LogP contribution in [0, 0.1) is 22.7 Å². The van der Waals surface area contributed by atoms with Crippen LogP contribution in [0.5, 0.6) is 0 Å². The predicted molar refractivity (Wildman–Crippen MR) is 94.8 cm³/mol. The molecule has 2 aliphatic rings. The van der Waals surface area contributed by atoms with Crippen LogP contribution in [0.4, 0.5) is 0 Å². The first-order chi connectivity index (χ1) is 10.0. The van der Waals surface area contributed by atoms with Crippen LogP contribution < -0.4 is 0 Å². The van der Waals surface area contributed by atoms with Crippen molar-refractivity contribution in [1.82, 2.24) is 0 Å². The van der Waals surface area contributed by atoms with Gasteiger partial charge < -0.3 is 10.2 Å². The zero-order valence-electron chi connectivity index (χ0n) is 15.9. The first-order valence-corrected chi connectivity index (χ1v) is 9.38. The Kier molecular flexibility index (Phi) is 7.39. The molecular weight excluding hydrogens is 272 g/mol. The fraction of sp³-hybridized carbons (Fsp3) is 1.00. The van der Waals surface area contributed by atoms with Gasteiger partial charge in [-0.15, -0.1) is 0 Å². The Bertz CT molecular complexity index is 303. The van der Waals surface area contributed by atoms with Gasteiger partial charge in [0.15, 0.2) is 0 Å². The maximum atomic E-state index is 9.70. The molecule has 0 spiro atoms. The summed E-state index contributed by atoms with van der Waals surface area (Å²) < 4.78 is 0. The van der Waals surface area contributed by atoms with Crippen LogP contribution in [-0.4, -0.2) is 22.4 Å². The van der Waals surface area contributed by atoms with E-state index in [2.05, 4.69) is 41.5 Å². The SMILES string of the molecule is CC(C)(C)C1CCC(O)CC1.CC(C)(C)C1CCCCC1O. The molecule has 0 aromatic rings. The molecule has 0 saturated heterocycles. The van der Waals surface area contributed by atoms with Gasteiger partial charge in [-0.25, -0.2) is 0 Å². The van der Waals surface area contributed by atoms with E-state index in [9.17, 15) is 10.2 Å². The molecule has 2 aliphatic carbocycles.